The van der Waals surface area contributed by atoms with Crippen LogP contribution in [0, 0.1) is 0 Å². The summed E-state index contributed by atoms with van der Waals surface area (Å²) in [5, 5.41) is 0.818. The molecule has 100 valence electrons. The molecule has 0 aromatic heterocycles. The molecule has 0 saturated carbocycles. The molecule has 0 aliphatic carbocycles. The first kappa shape index (κ1) is 14.0. The van der Waals surface area contributed by atoms with Crippen molar-refractivity contribution in [1.82, 2.24) is 4.90 Å². The summed E-state index contributed by atoms with van der Waals surface area (Å²) in [5.74, 6) is 0.515. The van der Waals surface area contributed by atoms with Crippen molar-refractivity contribution in [2.45, 2.75) is 24.8 Å². The highest BCUT2D eigenvalue weighted by atomic mass is 35.5. The quantitative estimate of drug-likeness (QED) is 0.781. The van der Waals surface area contributed by atoms with Crippen molar-refractivity contribution in [1.29, 1.82) is 0 Å². The second-order valence-corrected chi connectivity index (χ2v) is 5.85. The molecule has 1 unspecified atom stereocenters. The fraction of sp³-hybridized carbons (Fsp3) is 0.571. The summed E-state index contributed by atoms with van der Waals surface area (Å²) in [7, 11) is 4.24. The molecular formula is C14H20Cl2N2. The van der Waals surface area contributed by atoms with Crippen LogP contribution in [0.5, 0.6) is 0 Å². The van der Waals surface area contributed by atoms with Crippen LogP contribution in [0.2, 0.25) is 5.02 Å². The minimum absolute atomic E-state index is 0.515. The fourth-order valence-electron chi connectivity index (χ4n) is 2.63. The van der Waals surface area contributed by atoms with Crippen molar-refractivity contribution in [2.75, 3.05) is 32.1 Å². The lowest BCUT2D eigenvalue weighted by molar-refractivity contribution is 0.372. The first-order valence-electron chi connectivity index (χ1n) is 6.37. The molecule has 0 amide bonds. The lowest BCUT2D eigenvalue weighted by Gasteiger charge is -2.29. The number of hydrogen-bond donors (Lipinski definition) is 0. The standard InChI is InChI=1S/C14H20Cl2N2/c1-17(2)10-12-4-3-7-18(12)14-6-5-11(9-15)8-13(14)16/h5-6,8,12H,3-4,7,9-10H2,1-2H3. The second kappa shape index (κ2) is 6.14. The molecule has 4 heteroatoms. The average molecular weight is 287 g/mol. The maximum atomic E-state index is 6.38. The summed E-state index contributed by atoms with van der Waals surface area (Å²) < 4.78 is 0. The molecule has 1 aromatic rings. The molecule has 1 saturated heterocycles. The van der Waals surface area contributed by atoms with Crippen LogP contribution < -0.4 is 4.90 Å². The molecule has 1 aliphatic rings. The summed E-state index contributed by atoms with van der Waals surface area (Å²) in [6.07, 6.45) is 2.48. The first-order chi connectivity index (χ1) is 8.61. The molecule has 1 aromatic carbocycles. The minimum Gasteiger partial charge on any atom is -0.366 e. The Hall–Kier alpha value is -0.440. The maximum absolute atomic E-state index is 6.38. The number of nitrogens with zero attached hydrogens (tertiary/aromatic N) is 2. The van der Waals surface area contributed by atoms with Gasteiger partial charge in [-0.15, -0.1) is 11.6 Å². The zero-order chi connectivity index (χ0) is 13.1. The predicted octanol–water partition coefficient (Wildman–Crippen LogP) is 3.61. The number of benzene rings is 1. The molecule has 0 N–H and O–H groups in total. The molecule has 0 bridgehead atoms. The maximum Gasteiger partial charge on any atom is 0.0642 e. The molecule has 1 heterocycles. The van der Waals surface area contributed by atoms with E-state index in [4.69, 9.17) is 23.2 Å². The normalized spacial score (nSPS) is 19.8. The lowest BCUT2D eigenvalue weighted by Crippen LogP contribution is -2.37. The van der Waals surface area contributed by atoms with Crippen molar-refractivity contribution >= 4 is 28.9 Å². The zero-order valence-corrected chi connectivity index (χ0v) is 12.5. The van der Waals surface area contributed by atoms with E-state index in [2.05, 4.69) is 36.0 Å². The van der Waals surface area contributed by atoms with Gasteiger partial charge in [0.2, 0.25) is 0 Å². The molecule has 18 heavy (non-hydrogen) atoms. The summed E-state index contributed by atoms with van der Waals surface area (Å²) in [5.41, 5.74) is 2.23. The summed E-state index contributed by atoms with van der Waals surface area (Å²) in [6, 6.07) is 6.72. The van der Waals surface area contributed by atoms with Gasteiger partial charge < -0.3 is 9.80 Å². The Morgan fingerprint density at radius 1 is 1.39 bits per heavy atom. The van der Waals surface area contributed by atoms with Crippen LogP contribution in [-0.2, 0) is 5.88 Å². The predicted molar refractivity (Wildman–Crippen MR) is 79.9 cm³/mol. The SMILES string of the molecule is CN(C)CC1CCCN1c1ccc(CCl)cc1Cl. The molecule has 0 radical (unpaired) electrons. The van der Waals surface area contributed by atoms with Crippen LogP contribution in [-0.4, -0.2) is 38.1 Å². The Balaban J connectivity index is 2.19. The van der Waals surface area contributed by atoms with E-state index in [-0.39, 0.29) is 0 Å². The van der Waals surface area contributed by atoms with Gasteiger partial charge in [0.05, 0.1) is 10.7 Å². The molecule has 2 rings (SSSR count). The van der Waals surface area contributed by atoms with E-state index < -0.39 is 0 Å². The molecule has 2 nitrogen and oxygen atoms in total. The van der Waals surface area contributed by atoms with Gasteiger partial charge in [0.25, 0.3) is 0 Å². The second-order valence-electron chi connectivity index (χ2n) is 5.17. The molecular weight excluding hydrogens is 267 g/mol. The summed E-state index contributed by atoms with van der Waals surface area (Å²) >= 11 is 12.2. The van der Waals surface area contributed by atoms with Crippen LogP contribution in [0.1, 0.15) is 18.4 Å². The molecule has 0 spiro atoms. The smallest absolute Gasteiger partial charge is 0.0642 e. The van der Waals surface area contributed by atoms with E-state index >= 15 is 0 Å². The van der Waals surface area contributed by atoms with Gasteiger partial charge in [-0.3, -0.25) is 0 Å². The van der Waals surface area contributed by atoms with E-state index in [1.807, 2.05) is 6.07 Å². The van der Waals surface area contributed by atoms with Gasteiger partial charge in [-0.1, -0.05) is 17.7 Å². The van der Waals surface area contributed by atoms with Crippen molar-refractivity contribution in [3.63, 3.8) is 0 Å². The molecule has 1 fully saturated rings. The largest absolute Gasteiger partial charge is 0.366 e. The Labute approximate surface area is 119 Å². The number of rotatable bonds is 4. The highest BCUT2D eigenvalue weighted by Crippen LogP contribution is 2.33. The van der Waals surface area contributed by atoms with Crippen molar-refractivity contribution in [3.8, 4) is 0 Å². The van der Waals surface area contributed by atoms with Crippen LogP contribution in [0.15, 0.2) is 18.2 Å². The summed E-state index contributed by atoms with van der Waals surface area (Å²) in [6.45, 7) is 2.17. The van der Waals surface area contributed by atoms with Gasteiger partial charge in [0.15, 0.2) is 0 Å². The van der Waals surface area contributed by atoms with Gasteiger partial charge in [-0.2, -0.15) is 0 Å². The third-order valence-corrected chi connectivity index (χ3v) is 4.04. The number of halogens is 2. The van der Waals surface area contributed by atoms with Crippen molar-refractivity contribution in [3.05, 3.63) is 28.8 Å². The third-order valence-electron chi connectivity index (χ3n) is 3.43. The summed E-state index contributed by atoms with van der Waals surface area (Å²) in [4.78, 5) is 4.67. The van der Waals surface area contributed by atoms with E-state index in [0.717, 1.165) is 29.4 Å². The van der Waals surface area contributed by atoms with Crippen LogP contribution in [0.4, 0.5) is 5.69 Å². The monoisotopic (exact) mass is 286 g/mol. The van der Waals surface area contributed by atoms with Crippen molar-refractivity contribution < 1.29 is 0 Å². The molecule has 1 aliphatic heterocycles. The van der Waals surface area contributed by atoms with E-state index in [9.17, 15) is 0 Å². The van der Waals surface area contributed by atoms with E-state index in [0.29, 0.717) is 11.9 Å². The third kappa shape index (κ3) is 3.11. The lowest BCUT2D eigenvalue weighted by atomic mass is 10.1. The van der Waals surface area contributed by atoms with Crippen LogP contribution in [0.3, 0.4) is 0 Å². The zero-order valence-electron chi connectivity index (χ0n) is 11.0. The Bertz CT molecular complexity index is 407. The fourth-order valence-corrected chi connectivity index (χ4v) is 3.11. The van der Waals surface area contributed by atoms with Crippen molar-refractivity contribution in [2.24, 2.45) is 0 Å². The average Bonchev–Trinajstić information content (AvgIpc) is 2.76. The van der Waals surface area contributed by atoms with Gasteiger partial charge in [0, 0.05) is 25.0 Å². The molecule has 1 atom stereocenters. The van der Waals surface area contributed by atoms with Gasteiger partial charge in [-0.25, -0.2) is 0 Å². The van der Waals surface area contributed by atoms with E-state index in [1.54, 1.807) is 0 Å². The number of anilines is 1. The first-order valence-corrected chi connectivity index (χ1v) is 7.29. The number of hydrogen-bond acceptors (Lipinski definition) is 2. The minimum atomic E-state index is 0.515. The van der Waals surface area contributed by atoms with Gasteiger partial charge in [0.1, 0.15) is 0 Å². The highest BCUT2D eigenvalue weighted by Gasteiger charge is 2.26. The van der Waals surface area contributed by atoms with E-state index in [1.165, 1.54) is 12.8 Å². The Morgan fingerprint density at radius 2 is 2.17 bits per heavy atom. The Kier molecular flexibility index (Phi) is 4.77. The van der Waals surface area contributed by atoms with Gasteiger partial charge >= 0.3 is 0 Å². The van der Waals surface area contributed by atoms with Crippen LogP contribution in [0.25, 0.3) is 0 Å². The van der Waals surface area contributed by atoms with Crippen LogP contribution >= 0.6 is 23.2 Å². The number of likely N-dealkylation sites (N-methyl/N-ethyl adjacent to an activating group) is 1. The van der Waals surface area contributed by atoms with Gasteiger partial charge in [-0.05, 0) is 44.6 Å². The highest BCUT2D eigenvalue weighted by molar-refractivity contribution is 6.33. The Morgan fingerprint density at radius 3 is 2.78 bits per heavy atom. The topological polar surface area (TPSA) is 6.48 Å². The number of alkyl halides is 1.